The van der Waals surface area contributed by atoms with E-state index in [0.29, 0.717) is 6.54 Å². The van der Waals surface area contributed by atoms with Gasteiger partial charge in [-0.2, -0.15) is 0 Å². The van der Waals surface area contributed by atoms with Gasteiger partial charge in [-0.05, 0) is 73.8 Å². The van der Waals surface area contributed by atoms with Crippen molar-refractivity contribution in [3.05, 3.63) is 59.7 Å². The van der Waals surface area contributed by atoms with Crippen LogP contribution in [-0.4, -0.2) is 53.9 Å². The fourth-order valence-electron chi connectivity index (χ4n) is 3.12. The lowest BCUT2D eigenvalue weighted by Gasteiger charge is -2.11. The Morgan fingerprint density at radius 2 is 1.65 bits per heavy atom. The molecule has 0 aliphatic rings. The van der Waals surface area contributed by atoms with Gasteiger partial charge >= 0.3 is 0 Å². The average molecular weight is 426 g/mol. The molecule has 6 heteroatoms. The van der Waals surface area contributed by atoms with Crippen LogP contribution in [0, 0.1) is 0 Å². The Hall–Kier alpha value is -2.99. The van der Waals surface area contributed by atoms with Gasteiger partial charge in [-0.25, -0.2) is 0 Å². The Balaban J connectivity index is 1.55. The summed E-state index contributed by atoms with van der Waals surface area (Å²) in [5.74, 6) is 1.46. The number of amides is 1. The van der Waals surface area contributed by atoms with Crippen LogP contribution in [0.25, 0.3) is 6.08 Å². The summed E-state index contributed by atoms with van der Waals surface area (Å²) in [6.45, 7) is 2.47. The van der Waals surface area contributed by atoms with Crippen LogP contribution in [0.1, 0.15) is 24.0 Å². The average Bonchev–Trinajstić information content (AvgIpc) is 2.79. The molecular formula is C25H35N3O3. The lowest BCUT2D eigenvalue weighted by Crippen LogP contribution is -2.26. The van der Waals surface area contributed by atoms with Gasteiger partial charge in [0.1, 0.15) is 0 Å². The van der Waals surface area contributed by atoms with E-state index in [9.17, 15) is 4.79 Å². The van der Waals surface area contributed by atoms with E-state index in [-0.39, 0.29) is 5.91 Å². The Bertz CT molecular complexity index is 832. The van der Waals surface area contributed by atoms with E-state index in [2.05, 4.69) is 16.7 Å². The van der Waals surface area contributed by atoms with Crippen LogP contribution in [0.3, 0.4) is 0 Å². The number of hydrogen-bond donors (Lipinski definition) is 2. The highest BCUT2D eigenvalue weighted by molar-refractivity contribution is 5.91. The molecule has 0 aliphatic heterocycles. The van der Waals surface area contributed by atoms with Crippen molar-refractivity contribution in [3.63, 3.8) is 0 Å². The summed E-state index contributed by atoms with van der Waals surface area (Å²) in [6.07, 6.45) is 6.33. The fraction of sp³-hybridized carbons (Fsp3) is 0.400. The Morgan fingerprint density at radius 3 is 2.32 bits per heavy atom. The molecule has 6 nitrogen and oxygen atoms in total. The number of anilines is 1. The first-order valence-corrected chi connectivity index (χ1v) is 10.7. The van der Waals surface area contributed by atoms with Gasteiger partial charge in [0.25, 0.3) is 0 Å². The number of ether oxygens (including phenoxy) is 2. The highest BCUT2D eigenvalue weighted by Gasteiger charge is 2.04. The van der Waals surface area contributed by atoms with Crippen LogP contribution in [0.4, 0.5) is 5.69 Å². The SMILES string of the molecule is COc1ccc(CCCNCCCNC(=O)/C=C/c2ccc(N(C)C)cc2)cc1OC. The zero-order chi connectivity index (χ0) is 22.5. The number of methoxy groups -OCH3 is 2. The number of carbonyl (C=O) groups is 1. The number of aryl methyl sites for hydroxylation is 1. The summed E-state index contributed by atoms with van der Waals surface area (Å²) in [4.78, 5) is 14.0. The van der Waals surface area contributed by atoms with Gasteiger partial charge in [0.2, 0.25) is 5.91 Å². The van der Waals surface area contributed by atoms with Crippen LogP contribution in [0.5, 0.6) is 11.5 Å². The molecule has 2 aromatic rings. The van der Waals surface area contributed by atoms with Gasteiger partial charge in [0.05, 0.1) is 14.2 Å². The predicted octanol–water partition coefficient (Wildman–Crippen LogP) is 3.51. The molecule has 0 spiro atoms. The molecule has 0 saturated carbocycles. The standard InChI is InChI=1S/C25H35N3O3/c1-28(2)22-12-8-20(9-13-22)11-15-25(29)27-18-6-17-26-16-5-7-21-10-14-23(30-3)24(19-21)31-4/h8-15,19,26H,5-7,16-18H2,1-4H3,(H,27,29)/b15-11+. The van der Waals surface area contributed by atoms with Crippen LogP contribution in [0.15, 0.2) is 48.5 Å². The third-order valence-electron chi connectivity index (χ3n) is 4.93. The van der Waals surface area contributed by atoms with E-state index in [1.807, 2.05) is 61.5 Å². The fourth-order valence-corrected chi connectivity index (χ4v) is 3.12. The molecule has 0 saturated heterocycles. The van der Waals surface area contributed by atoms with Crippen molar-refractivity contribution in [3.8, 4) is 11.5 Å². The summed E-state index contributed by atoms with van der Waals surface area (Å²) in [5.41, 5.74) is 3.38. The maximum absolute atomic E-state index is 11.9. The largest absolute Gasteiger partial charge is 0.493 e. The maximum Gasteiger partial charge on any atom is 0.243 e. The van der Waals surface area contributed by atoms with E-state index in [1.54, 1.807) is 20.3 Å². The molecule has 0 radical (unpaired) electrons. The van der Waals surface area contributed by atoms with Gasteiger partial charge in [0.15, 0.2) is 11.5 Å². The monoisotopic (exact) mass is 425 g/mol. The van der Waals surface area contributed by atoms with Crippen molar-refractivity contribution in [2.75, 3.05) is 52.8 Å². The Labute approximate surface area is 186 Å². The van der Waals surface area contributed by atoms with Gasteiger partial charge < -0.3 is 25.0 Å². The minimum atomic E-state index is -0.0647. The quantitative estimate of drug-likeness (QED) is 0.380. The molecule has 0 heterocycles. The number of carbonyl (C=O) groups excluding carboxylic acids is 1. The summed E-state index contributed by atoms with van der Waals surface area (Å²) >= 11 is 0. The summed E-state index contributed by atoms with van der Waals surface area (Å²) in [7, 11) is 7.31. The van der Waals surface area contributed by atoms with Crippen LogP contribution >= 0.6 is 0 Å². The molecule has 168 valence electrons. The van der Waals surface area contributed by atoms with Crippen LogP contribution in [-0.2, 0) is 11.2 Å². The van der Waals surface area contributed by atoms with Crippen LogP contribution in [0.2, 0.25) is 0 Å². The molecule has 0 bridgehead atoms. The molecule has 31 heavy (non-hydrogen) atoms. The smallest absolute Gasteiger partial charge is 0.243 e. The molecule has 2 N–H and O–H groups in total. The molecule has 1 amide bonds. The predicted molar refractivity (Wildman–Crippen MR) is 128 cm³/mol. The molecule has 0 unspecified atom stereocenters. The number of nitrogens with one attached hydrogen (secondary N) is 2. The third kappa shape index (κ3) is 8.72. The molecule has 0 atom stereocenters. The number of nitrogens with zero attached hydrogens (tertiary/aromatic N) is 1. The lowest BCUT2D eigenvalue weighted by atomic mass is 10.1. The van der Waals surface area contributed by atoms with E-state index in [4.69, 9.17) is 9.47 Å². The highest BCUT2D eigenvalue weighted by Crippen LogP contribution is 2.27. The van der Waals surface area contributed by atoms with Gasteiger partial charge in [-0.1, -0.05) is 18.2 Å². The molecular weight excluding hydrogens is 390 g/mol. The minimum absolute atomic E-state index is 0.0647. The first-order valence-electron chi connectivity index (χ1n) is 10.7. The molecule has 0 aliphatic carbocycles. The molecule has 0 fully saturated rings. The summed E-state index contributed by atoms with van der Waals surface area (Å²) in [6, 6.07) is 14.1. The van der Waals surface area contributed by atoms with Crippen LogP contribution < -0.4 is 25.0 Å². The Kier molecular flexibility index (Phi) is 10.4. The van der Waals surface area contributed by atoms with Crippen molar-refractivity contribution in [2.24, 2.45) is 0 Å². The zero-order valence-electron chi connectivity index (χ0n) is 19.1. The first-order chi connectivity index (χ1) is 15.0. The number of rotatable bonds is 13. The van der Waals surface area contributed by atoms with Gasteiger partial charge in [-0.15, -0.1) is 0 Å². The second-order valence-electron chi connectivity index (χ2n) is 7.51. The van der Waals surface area contributed by atoms with E-state index in [1.165, 1.54) is 5.56 Å². The Morgan fingerprint density at radius 1 is 0.935 bits per heavy atom. The lowest BCUT2D eigenvalue weighted by molar-refractivity contribution is -0.116. The molecule has 2 rings (SSSR count). The van der Waals surface area contributed by atoms with Crippen molar-refractivity contribution >= 4 is 17.7 Å². The summed E-state index contributed by atoms with van der Waals surface area (Å²) < 4.78 is 10.6. The summed E-state index contributed by atoms with van der Waals surface area (Å²) in [5, 5.41) is 6.35. The highest BCUT2D eigenvalue weighted by atomic mass is 16.5. The topological polar surface area (TPSA) is 62.8 Å². The van der Waals surface area contributed by atoms with Crippen molar-refractivity contribution < 1.29 is 14.3 Å². The third-order valence-corrected chi connectivity index (χ3v) is 4.93. The van der Waals surface area contributed by atoms with Gasteiger partial charge in [-0.3, -0.25) is 4.79 Å². The van der Waals surface area contributed by atoms with Crippen molar-refractivity contribution in [1.82, 2.24) is 10.6 Å². The maximum atomic E-state index is 11.9. The normalized spacial score (nSPS) is 10.8. The number of hydrogen-bond acceptors (Lipinski definition) is 5. The second kappa shape index (κ2) is 13.3. The molecule has 2 aromatic carbocycles. The van der Waals surface area contributed by atoms with Gasteiger partial charge in [0, 0.05) is 32.4 Å². The molecule has 0 aromatic heterocycles. The number of benzene rings is 2. The van der Waals surface area contributed by atoms with Crippen molar-refractivity contribution in [1.29, 1.82) is 0 Å². The minimum Gasteiger partial charge on any atom is -0.493 e. The second-order valence-corrected chi connectivity index (χ2v) is 7.51. The van der Waals surface area contributed by atoms with E-state index >= 15 is 0 Å². The van der Waals surface area contributed by atoms with Crippen molar-refractivity contribution in [2.45, 2.75) is 19.3 Å². The van der Waals surface area contributed by atoms with E-state index < -0.39 is 0 Å². The van der Waals surface area contributed by atoms with E-state index in [0.717, 1.165) is 55.1 Å². The zero-order valence-corrected chi connectivity index (χ0v) is 19.1. The first kappa shape index (κ1) is 24.3.